The molecular formula is C11H16N2O4S. The van der Waals surface area contributed by atoms with Crippen LogP contribution in [0.25, 0.3) is 0 Å². The van der Waals surface area contributed by atoms with E-state index in [0.29, 0.717) is 5.69 Å². The van der Waals surface area contributed by atoms with Crippen molar-refractivity contribution in [2.75, 3.05) is 17.4 Å². The van der Waals surface area contributed by atoms with Gasteiger partial charge in [-0.15, -0.1) is 0 Å². The fraction of sp³-hybridized carbons (Fsp3) is 0.364. The second-order valence-electron chi connectivity index (χ2n) is 3.74. The van der Waals surface area contributed by atoms with E-state index < -0.39 is 22.7 Å². The highest BCUT2D eigenvalue weighted by Gasteiger charge is 2.23. The number of nitrogens with zero attached hydrogens (tertiary/aromatic N) is 1. The summed E-state index contributed by atoms with van der Waals surface area (Å²) in [6.07, 6.45) is 0. The lowest BCUT2D eigenvalue weighted by Crippen LogP contribution is -2.43. The van der Waals surface area contributed by atoms with Gasteiger partial charge in [0.1, 0.15) is 6.54 Å². The van der Waals surface area contributed by atoms with Crippen LogP contribution in [-0.2, 0) is 15.0 Å². The van der Waals surface area contributed by atoms with Crippen molar-refractivity contribution in [1.29, 1.82) is 0 Å². The summed E-state index contributed by atoms with van der Waals surface area (Å²) in [5.41, 5.74) is 1.29. The number of nitrogens with one attached hydrogen (secondary N) is 1. The number of hydrogen-bond acceptors (Lipinski definition) is 3. The van der Waals surface area contributed by atoms with Gasteiger partial charge in [-0.25, -0.2) is 4.31 Å². The van der Waals surface area contributed by atoms with Gasteiger partial charge in [-0.3, -0.25) is 4.79 Å². The fourth-order valence-electron chi connectivity index (χ4n) is 1.41. The van der Waals surface area contributed by atoms with Crippen LogP contribution in [0.5, 0.6) is 0 Å². The Morgan fingerprint density at radius 2 is 1.89 bits per heavy atom. The SMILES string of the molecule is CCNS(=O)(=O)N(CC(=O)O)c1ccc(C)cc1. The van der Waals surface area contributed by atoms with Gasteiger partial charge in [0.25, 0.3) is 0 Å². The Labute approximate surface area is 106 Å². The normalized spacial score (nSPS) is 11.2. The fourth-order valence-corrected chi connectivity index (χ4v) is 2.61. The van der Waals surface area contributed by atoms with Crippen LogP contribution in [0.1, 0.15) is 12.5 Å². The van der Waals surface area contributed by atoms with E-state index >= 15 is 0 Å². The number of hydrogen-bond donors (Lipinski definition) is 2. The maximum absolute atomic E-state index is 11.9. The quantitative estimate of drug-likeness (QED) is 0.799. The van der Waals surface area contributed by atoms with Crippen molar-refractivity contribution in [1.82, 2.24) is 4.72 Å². The number of anilines is 1. The van der Waals surface area contributed by atoms with Gasteiger partial charge in [0.05, 0.1) is 5.69 Å². The van der Waals surface area contributed by atoms with Gasteiger partial charge in [0.15, 0.2) is 0 Å². The van der Waals surface area contributed by atoms with Gasteiger partial charge in [-0.1, -0.05) is 24.6 Å². The van der Waals surface area contributed by atoms with Crippen molar-refractivity contribution < 1.29 is 18.3 Å². The third kappa shape index (κ3) is 3.71. The van der Waals surface area contributed by atoms with E-state index in [0.717, 1.165) is 9.87 Å². The third-order valence-corrected chi connectivity index (χ3v) is 3.79. The molecule has 1 rings (SSSR count). The monoisotopic (exact) mass is 272 g/mol. The van der Waals surface area contributed by atoms with E-state index in [1.807, 2.05) is 6.92 Å². The first-order chi connectivity index (χ1) is 8.36. The molecule has 0 saturated heterocycles. The highest BCUT2D eigenvalue weighted by Crippen LogP contribution is 2.17. The third-order valence-electron chi connectivity index (χ3n) is 2.22. The van der Waals surface area contributed by atoms with Gasteiger partial charge in [-0.05, 0) is 19.1 Å². The van der Waals surface area contributed by atoms with Gasteiger partial charge < -0.3 is 5.11 Å². The van der Waals surface area contributed by atoms with Crippen molar-refractivity contribution in [3.05, 3.63) is 29.8 Å². The molecule has 0 fully saturated rings. The molecule has 0 radical (unpaired) electrons. The number of aryl methyl sites for hydroxylation is 1. The standard InChI is InChI=1S/C11H16N2O4S/c1-3-12-18(16,17)13(8-11(14)15)10-6-4-9(2)5-7-10/h4-7,12H,3,8H2,1-2H3,(H,14,15). The molecule has 2 N–H and O–H groups in total. The molecule has 1 aromatic rings. The van der Waals surface area contributed by atoms with Crippen LogP contribution in [0.3, 0.4) is 0 Å². The molecule has 0 atom stereocenters. The van der Waals surface area contributed by atoms with Crippen molar-refractivity contribution in [3.63, 3.8) is 0 Å². The van der Waals surface area contributed by atoms with Crippen LogP contribution in [0, 0.1) is 6.92 Å². The molecule has 7 heteroatoms. The predicted octanol–water partition coefficient (Wildman–Crippen LogP) is 0.740. The number of carboxylic acids is 1. The van der Waals surface area contributed by atoms with Gasteiger partial charge in [0, 0.05) is 6.54 Å². The molecule has 100 valence electrons. The first-order valence-electron chi connectivity index (χ1n) is 5.42. The number of carbonyl (C=O) groups is 1. The summed E-state index contributed by atoms with van der Waals surface area (Å²) < 4.78 is 26.9. The minimum atomic E-state index is -3.83. The molecule has 0 unspecified atom stereocenters. The second kappa shape index (κ2) is 5.83. The molecule has 0 aliphatic carbocycles. The summed E-state index contributed by atoms with van der Waals surface area (Å²) >= 11 is 0. The van der Waals surface area contributed by atoms with Crippen molar-refractivity contribution in [2.24, 2.45) is 0 Å². The first-order valence-corrected chi connectivity index (χ1v) is 6.86. The molecule has 0 spiro atoms. The van der Waals surface area contributed by atoms with E-state index in [1.54, 1.807) is 31.2 Å². The molecule has 1 aromatic carbocycles. The topological polar surface area (TPSA) is 86.7 Å². The lowest BCUT2D eigenvalue weighted by molar-refractivity contribution is -0.135. The van der Waals surface area contributed by atoms with E-state index in [9.17, 15) is 13.2 Å². The van der Waals surface area contributed by atoms with E-state index in [1.165, 1.54) is 0 Å². The summed E-state index contributed by atoms with van der Waals surface area (Å²) in [6.45, 7) is 3.08. The Morgan fingerprint density at radius 1 is 1.33 bits per heavy atom. The van der Waals surface area contributed by atoms with Crippen LogP contribution in [-0.4, -0.2) is 32.6 Å². The van der Waals surface area contributed by atoms with Crippen molar-refractivity contribution >= 4 is 21.9 Å². The van der Waals surface area contributed by atoms with Crippen LogP contribution < -0.4 is 9.03 Å². The molecule has 0 heterocycles. The second-order valence-corrected chi connectivity index (χ2v) is 5.42. The van der Waals surface area contributed by atoms with Crippen LogP contribution >= 0.6 is 0 Å². The predicted molar refractivity (Wildman–Crippen MR) is 68.8 cm³/mol. The van der Waals surface area contributed by atoms with E-state index in [-0.39, 0.29) is 6.54 Å². The molecule has 0 amide bonds. The Morgan fingerprint density at radius 3 is 2.33 bits per heavy atom. The summed E-state index contributed by atoms with van der Waals surface area (Å²) in [5, 5.41) is 8.80. The first kappa shape index (κ1) is 14.5. The highest BCUT2D eigenvalue weighted by atomic mass is 32.2. The van der Waals surface area contributed by atoms with Crippen LogP contribution in [0.15, 0.2) is 24.3 Å². The number of rotatable bonds is 6. The molecule has 0 aromatic heterocycles. The van der Waals surface area contributed by atoms with Crippen LogP contribution in [0.4, 0.5) is 5.69 Å². The Bertz CT molecular complexity index is 510. The maximum atomic E-state index is 11.9. The smallest absolute Gasteiger partial charge is 0.324 e. The summed E-state index contributed by atoms with van der Waals surface area (Å²) in [6, 6.07) is 6.61. The van der Waals surface area contributed by atoms with E-state index in [2.05, 4.69) is 4.72 Å². The zero-order valence-electron chi connectivity index (χ0n) is 10.3. The Balaban J connectivity index is 3.13. The molecule has 0 aliphatic rings. The zero-order chi connectivity index (χ0) is 13.8. The number of carboxylic acid groups (broad SMARTS) is 1. The number of benzene rings is 1. The van der Waals surface area contributed by atoms with Crippen LogP contribution in [0.2, 0.25) is 0 Å². The van der Waals surface area contributed by atoms with E-state index in [4.69, 9.17) is 5.11 Å². The Kier molecular flexibility index (Phi) is 4.69. The number of aliphatic carboxylic acids is 1. The van der Waals surface area contributed by atoms with Crippen molar-refractivity contribution in [2.45, 2.75) is 13.8 Å². The zero-order valence-corrected chi connectivity index (χ0v) is 11.1. The van der Waals surface area contributed by atoms with Crippen molar-refractivity contribution in [3.8, 4) is 0 Å². The largest absolute Gasteiger partial charge is 0.480 e. The average molecular weight is 272 g/mol. The molecule has 0 bridgehead atoms. The van der Waals surface area contributed by atoms with Gasteiger partial charge >= 0.3 is 16.2 Å². The minimum absolute atomic E-state index is 0.199. The summed E-state index contributed by atoms with van der Waals surface area (Å²) in [7, 11) is -3.83. The van der Waals surface area contributed by atoms with Gasteiger partial charge in [-0.2, -0.15) is 13.1 Å². The lowest BCUT2D eigenvalue weighted by atomic mass is 10.2. The lowest BCUT2D eigenvalue weighted by Gasteiger charge is -2.22. The average Bonchev–Trinajstić information content (AvgIpc) is 2.27. The summed E-state index contributed by atoms with van der Waals surface area (Å²) in [5.74, 6) is -1.21. The molecular weight excluding hydrogens is 256 g/mol. The molecule has 18 heavy (non-hydrogen) atoms. The maximum Gasteiger partial charge on any atom is 0.324 e. The molecule has 0 aliphatic heterocycles. The Hall–Kier alpha value is -1.60. The molecule has 6 nitrogen and oxygen atoms in total. The van der Waals surface area contributed by atoms with Gasteiger partial charge in [0.2, 0.25) is 0 Å². The summed E-state index contributed by atoms with van der Waals surface area (Å²) in [4.78, 5) is 10.8. The highest BCUT2D eigenvalue weighted by molar-refractivity contribution is 7.90. The molecule has 0 saturated carbocycles. The minimum Gasteiger partial charge on any atom is -0.480 e.